The van der Waals surface area contributed by atoms with E-state index in [1.807, 2.05) is 0 Å². The zero-order valence-corrected chi connectivity index (χ0v) is 11.0. The predicted molar refractivity (Wildman–Crippen MR) is 70.8 cm³/mol. The molecule has 0 aromatic heterocycles. The molecule has 19 heavy (non-hydrogen) atoms. The van der Waals surface area contributed by atoms with Crippen LogP contribution in [0.3, 0.4) is 0 Å². The Morgan fingerprint density at radius 2 is 1.95 bits per heavy atom. The molecule has 1 saturated carbocycles. The van der Waals surface area contributed by atoms with Gasteiger partial charge in [-0.3, -0.25) is 0 Å². The molecular weight excluding hydrogens is 248 g/mol. The molecule has 1 unspecified atom stereocenters. The van der Waals surface area contributed by atoms with E-state index in [4.69, 9.17) is 0 Å². The lowest BCUT2D eigenvalue weighted by atomic mass is 9.95. The summed E-state index contributed by atoms with van der Waals surface area (Å²) in [6, 6.07) is 3.70. The van der Waals surface area contributed by atoms with Crippen LogP contribution in [-0.2, 0) is 0 Å². The smallest absolute Gasteiger partial charge is 0.129 e. The molecule has 2 nitrogen and oxygen atoms in total. The maximum absolute atomic E-state index is 13.5. The molecule has 106 valence electrons. The highest BCUT2D eigenvalue weighted by Crippen LogP contribution is 2.21. The lowest BCUT2D eigenvalue weighted by molar-refractivity contribution is 0.159. The van der Waals surface area contributed by atoms with Gasteiger partial charge in [0.05, 0.1) is 6.10 Å². The first kappa shape index (κ1) is 14.4. The summed E-state index contributed by atoms with van der Waals surface area (Å²) >= 11 is 0. The van der Waals surface area contributed by atoms with E-state index < -0.39 is 17.7 Å². The second-order valence-corrected chi connectivity index (χ2v) is 5.26. The Balaban J connectivity index is 1.80. The number of hydrogen-bond acceptors (Lipinski definition) is 2. The van der Waals surface area contributed by atoms with Gasteiger partial charge in [-0.15, -0.1) is 0 Å². The van der Waals surface area contributed by atoms with Crippen molar-refractivity contribution in [2.45, 2.75) is 50.7 Å². The van der Waals surface area contributed by atoms with Crippen molar-refractivity contribution in [3.05, 3.63) is 35.4 Å². The third-order valence-corrected chi connectivity index (χ3v) is 3.77. The number of hydrogen-bond donors (Lipinski definition) is 2. The molecule has 1 fully saturated rings. The van der Waals surface area contributed by atoms with Crippen molar-refractivity contribution in [2.75, 3.05) is 6.54 Å². The van der Waals surface area contributed by atoms with Crippen molar-refractivity contribution < 1.29 is 13.9 Å². The SMILES string of the molecule is OC(CCNC1CCCCC1)c1cc(F)ccc1F. The van der Waals surface area contributed by atoms with Crippen LogP contribution < -0.4 is 5.32 Å². The average Bonchev–Trinajstić information content (AvgIpc) is 2.42. The van der Waals surface area contributed by atoms with Crippen molar-refractivity contribution in [2.24, 2.45) is 0 Å². The fraction of sp³-hybridized carbons (Fsp3) is 0.600. The van der Waals surface area contributed by atoms with Gasteiger partial charge in [-0.1, -0.05) is 19.3 Å². The average molecular weight is 269 g/mol. The van der Waals surface area contributed by atoms with Crippen molar-refractivity contribution in [1.82, 2.24) is 5.32 Å². The molecule has 1 aromatic carbocycles. The Kier molecular flexibility index (Phi) is 5.28. The van der Waals surface area contributed by atoms with E-state index in [9.17, 15) is 13.9 Å². The lowest BCUT2D eigenvalue weighted by Gasteiger charge is -2.23. The summed E-state index contributed by atoms with van der Waals surface area (Å²) in [6.45, 7) is 0.627. The third kappa shape index (κ3) is 4.25. The number of rotatable bonds is 5. The van der Waals surface area contributed by atoms with E-state index in [-0.39, 0.29) is 5.56 Å². The molecule has 1 atom stereocenters. The van der Waals surface area contributed by atoms with Gasteiger partial charge in [0.1, 0.15) is 11.6 Å². The van der Waals surface area contributed by atoms with Gasteiger partial charge >= 0.3 is 0 Å². The van der Waals surface area contributed by atoms with Gasteiger partial charge in [-0.2, -0.15) is 0 Å². The molecule has 0 aliphatic heterocycles. The third-order valence-electron chi connectivity index (χ3n) is 3.77. The monoisotopic (exact) mass is 269 g/mol. The minimum atomic E-state index is -0.952. The zero-order valence-electron chi connectivity index (χ0n) is 11.0. The molecule has 4 heteroatoms. The summed E-state index contributed by atoms with van der Waals surface area (Å²) < 4.78 is 26.5. The largest absolute Gasteiger partial charge is 0.388 e. The summed E-state index contributed by atoms with van der Waals surface area (Å²) in [7, 11) is 0. The van der Waals surface area contributed by atoms with Crippen LogP contribution in [0.25, 0.3) is 0 Å². The van der Waals surface area contributed by atoms with Gasteiger partial charge in [0, 0.05) is 11.6 Å². The van der Waals surface area contributed by atoms with Crippen LogP contribution in [0, 0.1) is 11.6 Å². The van der Waals surface area contributed by atoms with E-state index in [0.717, 1.165) is 18.2 Å². The topological polar surface area (TPSA) is 32.3 Å². The fourth-order valence-electron chi connectivity index (χ4n) is 2.66. The summed E-state index contributed by atoms with van der Waals surface area (Å²) in [5, 5.41) is 13.3. The molecule has 1 aromatic rings. The zero-order chi connectivity index (χ0) is 13.7. The van der Waals surface area contributed by atoms with E-state index in [1.165, 1.54) is 32.1 Å². The molecule has 0 bridgehead atoms. The molecule has 0 amide bonds. The van der Waals surface area contributed by atoms with Crippen LogP contribution in [0.15, 0.2) is 18.2 Å². The summed E-state index contributed by atoms with van der Waals surface area (Å²) in [6.07, 6.45) is 5.59. The molecule has 2 N–H and O–H groups in total. The molecule has 1 aliphatic rings. The maximum atomic E-state index is 13.5. The van der Waals surface area contributed by atoms with Crippen molar-refractivity contribution in [1.29, 1.82) is 0 Å². The number of nitrogens with one attached hydrogen (secondary N) is 1. The normalized spacial score (nSPS) is 18.5. The molecule has 0 spiro atoms. The van der Waals surface area contributed by atoms with E-state index in [0.29, 0.717) is 19.0 Å². The number of aliphatic hydroxyl groups excluding tert-OH is 1. The number of aliphatic hydroxyl groups is 1. The number of halogens is 2. The predicted octanol–water partition coefficient (Wildman–Crippen LogP) is 3.31. The van der Waals surface area contributed by atoms with E-state index >= 15 is 0 Å². The minimum Gasteiger partial charge on any atom is -0.388 e. The van der Waals surface area contributed by atoms with Crippen LogP contribution >= 0.6 is 0 Å². The van der Waals surface area contributed by atoms with Crippen molar-refractivity contribution in [3.8, 4) is 0 Å². The molecule has 1 aliphatic carbocycles. The molecule has 0 radical (unpaired) electrons. The Labute approximate surface area is 112 Å². The molecule has 2 rings (SSSR count). The van der Waals surface area contributed by atoms with Crippen LogP contribution in [0.1, 0.15) is 50.2 Å². The van der Waals surface area contributed by atoms with Crippen LogP contribution in [-0.4, -0.2) is 17.7 Å². The number of benzene rings is 1. The molecule has 0 saturated heterocycles. The highest BCUT2D eigenvalue weighted by Gasteiger charge is 2.16. The maximum Gasteiger partial charge on any atom is 0.129 e. The first-order valence-electron chi connectivity index (χ1n) is 7.03. The second-order valence-electron chi connectivity index (χ2n) is 5.26. The first-order valence-corrected chi connectivity index (χ1v) is 7.03. The standard InChI is InChI=1S/C15H21F2NO/c16-11-6-7-14(17)13(10-11)15(19)8-9-18-12-4-2-1-3-5-12/h6-7,10,12,15,18-19H,1-5,8-9H2. The van der Waals surface area contributed by atoms with Crippen LogP contribution in [0.5, 0.6) is 0 Å². The van der Waals surface area contributed by atoms with E-state index in [2.05, 4.69) is 5.32 Å². The van der Waals surface area contributed by atoms with Crippen LogP contribution in [0.2, 0.25) is 0 Å². The van der Waals surface area contributed by atoms with Crippen LogP contribution in [0.4, 0.5) is 8.78 Å². The first-order chi connectivity index (χ1) is 9.16. The van der Waals surface area contributed by atoms with Gasteiger partial charge in [0.15, 0.2) is 0 Å². The summed E-state index contributed by atoms with van der Waals surface area (Å²) in [5.41, 5.74) is 0.0467. The lowest BCUT2D eigenvalue weighted by Crippen LogP contribution is -2.32. The Hall–Kier alpha value is -1.00. The highest BCUT2D eigenvalue weighted by molar-refractivity contribution is 5.21. The summed E-state index contributed by atoms with van der Waals surface area (Å²) in [4.78, 5) is 0. The van der Waals surface area contributed by atoms with Crippen molar-refractivity contribution in [3.63, 3.8) is 0 Å². The second kappa shape index (κ2) is 6.96. The Bertz CT molecular complexity index is 405. The molecule has 0 heterocycles. The van der Waals surface area contributed by atoms with Gasteiger partial charge in [0.25, 0.3) is 0 Å². The van der Waals surface area contributed by atoms with E-state index in [1.54, 1.807) is 0 Å². The van der Waals surface area contributed by atoms with Gasteiger partial charge in [0.2, 0.25) is 0 Å². The van der Waals surface area contributed by atoms with Crippen molar-refractivity contribution >= 4 is 0 Å². The highest BCUT2D eigenvalue weighted by atomic mass is 19.1. The Morgan fingerprint density at radius 3 is 2.68 bits per heavy atom. The van der Waals surface area contributed by atoms with Gasteiger partial charge < -0.3 is 10.4 Å². The molecular formula is C15H21F2NO. The van der Waals surface area contributed by atoms with Gasteiger partial charge in [-0.05, 0) is 44.0 Å². The fourth-order valence-corrected chi connectivity index (χ4v) is 2.66. The minimum absolute atomic E-state index is 0.0467. The summed E-state index contributed by atoms with van der Waals surface area (Å²) in [5.74, 6) is -1.07. The quantitative estimate of drug-likeness (QED) is 0.859. The Morgan fingerprint density at radius 1 is 1.21 bits per heavy atom. The van der Waals surface area contributed by atoms with Gasteiger partial charge in [-0.25, -0.2) is 8.78 Å².